The van der Waals surface area contributed by atoms with Gasteiger partial charge < -0.3 is 9.69 Å². The second kappa shape index (κ2) is 5.55. The smallest absolute Gasteiger partial charge is 0.127 e. The lowest BCUT2D eigenvalue weighted by molar-refractivity contribution is -0.120. The fourth-order valence-corrected chi connectivity index (χ4v) is 5.10. The molecule has 2 aliphatic carbocycles. The van der Waals surface area contributed by atoms with E-state index in [-0.39, 0.29) is 5.41 Å². The van der Waals surface area contributed by atoms with Crippen LogP contribution in [0.3, 0.4) is 0 Å². The maximum atomic E-state index is 11.7. The van der Waals surface area contributed by atoms with E-state index in [4.69, 9.17) is 0 Å². The largest absolute Gasteiger partial charge is 0.303 e. The Labute approximate surface area is 117 Å². The molecule has 2 saturated carbocycles. The zero-order valence-electron chi connectivity index (χ0n) is 12.4. The van der Waals surface area contributed by atoms with E-state index in [9.17, 15) is 4.79 Å². The van der Waals surface area contributed by atoms with Gasteiger partial charge in [-0.25, -0.2) is 0 Å². The Hall–Kier alpha value is -0.370. The van der Waals surface area contributed by atoms with Gasteiger partial charge in [0.05, 0.1) is 0 Å². The van der Waals surface area contributed by atoms with E-state index < -0.39 is 0 Å². The normalized spacial score (nSPS) is 43.9. The average Bonchev–Trinajstić information content (AvgIpc) is 2.38. The zero-order chi connectivity index (χ0) is 13.3. The summed E-state index contributed by atoms with van der Waals surface area (Å²) >= 11 is 0. The molecule has 0 spiro atoms. The Morgan fingerprint density at radius 2 is 1.89 bits per heavy atom. The summed E-state index contributed by atoms with van der Waals surface area (Å²) in [6.45, 7) is 5.90. The van der Waals surface area contributed by atoms with Crippen LogP contribution in [-0.2, 0) is 4.79 Å². The van der Waals surface area contributed by atoms with Gasteiger partial charge in [0.25, 0.3) is 0 Å². The number of hydrogen-bond donors (Lipinski definition) is 0. The van der Waals surface area contributed by atoms with E-state index in [0.29, 0.717) is 0 Å². The summed E-state index contributed by atoms with van der Waals surface area (Å²) < 4.78 is 0. The van der Waals surface area contributed by atoms with Crippen molar-refractivity contribution in [3.8, 4) is 0 Å². The summed E-state index contributed by atoms with van der Waals surface area (Å²) in [5.41, 5.74) is -0.0106. The van der Waals surface area contributed by atoms with Crippen LogP contribution in [-0.4, -0.2) is 30.8 Å². The molecule has 1 aliphatic heterocycles. The van der Waals surface area contributed by atoms with E-state index in [0.717, 1.165) is 37.1 Å². The van der Waals surface area contributed by atoms with Crippen LogP contribution in [0.2, 0.25) is 0 Å². The Morgan fingerprint density at radius 3 is 2.53 bits per heavy atom. The van der Waals surface area contributed by atoms with E-state index >= 15 is 0 Å². The van der Waals surface area contributed by atoms with Crippen molar-refractivity contribution in [2.24, 2.45) is 23.2 Å². The molecule has 2 heteroatoms. The van der Waals surface area contributed by atoms with Gasteiger partial charge >= 0.3 is 0 Å². The average molecular weight is 263 g/mol. The number of fused-ring (bicyclic) bond motifs is 2. The molecule has 108 valence electrons. The quantitative estimate of drug-likeness (QED) is 0.726. The molecule has 0 amide bonds. The molecule has 19 heavy (non-hydrogen) atoms. The van der Waals surface area contributed by atoms with Crippen LogP contribution < -0.4 is 0 Å². The molecule has 4 atom stereocenters. The minimum absolute atomic E-state index is 0.0106. The van der Waals surface area contributed by atoms with Gasteiger partial charge in [-0.05, 0) is 49.9 Å². The summed E-state index contributed by atoms with van der Waals surface area (Å²) in [5.74, 6) is 2.60. The molecule has 0 N–H and O–H groups in total. The lowest BCUT2D eigenvalue weighted by atomic mass is 9.70. The van der Waals surface area contributed by atoms with Crippen molar-refractivity contribution in [3.05, 3.63) is 0 Å². The maximum absolute atomic E-state index is 11.7. The molecule has 0 radical (unpaired) electrons. The molecule has 2 nitrogen and oxygen atoms in total. The third-order valence-electron chi connectivity index (χ3n) is 5.84. The molecular weight excluding hydrogens is 234 g/mol. The molecule has 3 aliphatic rings. The molecule has 3 rings (SSSR count). The van der Waals surface area contributed by atoms with E-state index in [1.165, 1.54) is 57.9 Å². The molecule has 3 fully saturated rings. The summed E-state index contributed by atoms with van der Waals surface area (Å²) in [7, 11) is 0. The number of carbonyl (C=O) groups is 1. The third kappa shape index (κ3) is 3.04. The van der Waals surface area contributed by atoms with E-state index in [1.54, 1.807) is 0 Å². The van der Waals surface area contributed by atoms with Crippen LogP contribution >= 0.6 is 0 Å². The lowest BCUT2D eigenvalue weighted by Crippen LogP contribution is -2.49. The SMILES string of the molecule is CC1CCCC(C=O)(CN2CC3CCCC(C3)C2)C1. The predicted octanol–water partition coefficient (Wildman–Crippen LogP) is 3.50. The number of piperidine rings is 1. The summed E-state index contributed by atoms with van der Waals surface area (Å²) in [6, 6.07) is 0. The Kier molecular flexibility index (Phi) is 3.98. The van der Waals surface area contributed by atoms with Crippen molar-refractivity contribution in [3.63, 3.8) is 0 Å². The number of likely N-dealkylation sites (tertiary alicyclic amines) is 1. The first-order valence-corrected chi connectivity index (χ1v) is 8.38. The van der Waals surface area contributed by atoms with Crippen LogP contribution in [0.4, 0.5) is 0 Å². The number of hydrogen-bond acceptors (Lipinski definition) is 2. The number of aldehydes is 1. The van der Waals surface area contributed by atoms with Crippen molar-refractivity contribution in [1.29, 1.82) is 0 Å². The third-order valence-corrected chi connectivity index (χ3v) is 5.84. The van der Waals surface area contributed by atoms with Gasteiger partial charge in [0.1, 0.15) is 6.29 Å². The molecule has 0 aromatic heterocycles. The molecule has 1 heterocycles. The van der Waals surface area contributed by atoms with Gasteiger partial charge in [-0.2, -0.15) is 0 Å². The van der Waals surface area contributed by atoms with Crippen LogP contribution in [0.15, 0.2) is 0 Å². The highest BCUT2D eigenvalue weighted by atomic mass is 16.1. The second-order valence-electron chi connectivity index (χ2n) is 7.77. The fraction of sp³-hybridized carbons (Fsp3) is 0.941. The van der Waals surface area contributed by atoms with Crippen molar-refractivity contribution in [2.75, 3.05) is 19.6 Å². The fourth-order valence-electron chi connectivity index (χ4n) is 5.10. The van der Waals surface area contributed by atoms with Crippen molar-refractivity contribution < 1.29 is 4.79 Å². The highest BCUT2D eigenvalue weighted by molar-refractivity contribution is 5.60. The van der Waals surface area contributed by atoms with E-state index in [2.05, 4.69) is 11.8 Å². The predicted molar refractivity (Wildman–Crippen MR) is 78.0 cm³/mol. The standard InChI is InChI=1S/C17H29NO/c1-14-4-3-7-17(9-14,13-19)12-18-10-15-5-2-6-16(8-15)11-18/h13-16H,2-12H2,1H3. The number of rotatable bonds is 3. The summed E-state index contributed by atoms with van der Waals surface area (Å²) in [4.78, 5) is 14.4. The second-order valence-corrected chi connectivity index (χ2v) is 7.77. The van der Waals surface area contributed by atoms with Gasteiger partial charge in [0.2, 0.25) is 0 Å². The van der Waals surface area contributed by atoms with Crippen molar-refractivity contribution >= 4 is 6.29 Å². The topological polar surface area (TPSA) is 20.3 Å². The van der Waals surface area contributed by atoms with Gasteiger partial charge in [-0.3, -0.25) is 0 Å². The maximum Gasteiger partial charge on any atom is 0.127 e. The van der Waals surface area contributed by atoms with Gasteiger partial charge in [-0.1, -0.05) is 26.2 Å². The summed E-state index contributed by atoms with van der Waals surface area (Å²) in [5, 5.41) is 0. The molecular formula is C17H29NO. The summed E-state index contributed by atoms with van der Waals surface area (Å²) in [6.07, 6.45) is 11.9. The van der Waals surface area contributed by atoms with Crippen molar-refractivity contribution in [1.82, 2.24) is 4.90 Å². The van der Waals surface area contributed by atoms with Crippen LogP contribution in [0.25, 0.3) is 0 Å². The minimum Gasteiger partial charge on any atom is -0.303 e. The Bertz CT molecular complexity index is 317. The van der Waals surface area contributed by atoms with Gasteiger partial charge in [-0.15, -0.1) is 0 Å². The first-order chi connectivity index (χ1) is 9.19. The molecule has 0 aromatic carbocycles. The highest BCUT2D eigenvalue weighted by Crippen LogP contribution is 2.41. The Balaban J connectivity index is 1.64. The van der Waals surface area contributed by atoms with Crippen LogP contribution in [0, 0.1) is 23.2 Å². The van der Waals surface area contributed by atoms with Crippen LogP contribution in [0.5, 0.6) is 0 Å². The Morgan fingerprint density at radius 1 is 1.16 bits per heavy atom. The first kappa shape index (κ1) is 13.6. The highest BCUT2D eigenvalue weighted by Gasteiger charge is 2.39. The van der Waals surface area contributed by atoms with E-state index in [1.807, 2.05) is 0 Å². The molecule has 4 unspecified atom stereocenters. The molecule has 0 aromatic rings. The number of nitrogens with zero attached hydrogens (tertiary/aromatic N) is 1. The monoisotopic (exact) mass is 263 g/mol. The van der Waals surface area contributed by atoms with Crippen LogP contribution in [0.1, 0.15) is 58.3 Å². The van der Waals surface area contributed by atoms with Gasteiger partial charge in [0, 0.05) is 25.0 Å². The molecule has 1 saturated heterocycles. The minimum atomic E-state index is -0.0106. The lowest BCUT2D eigenvalue weighted by Gasteiger charge is -2.46. The first-order valence-electron chi connectivity index (χ1n) is 8.38. The van der Waals surface area contributed by atoms with Gasteiger partial charge in [0.15, 0.2) is 0 Å². The zero-order valence-corrected chi connectivity index (χ0v) is 12.4. The number of carbonyl (C=O) groups excluding carboxylic acids is 1. The van der Waals surface area contributed by atoms with Crippen molar-refractivity contribution in [2.45, 2.75) is 58.3 Å². The molecule has 2 bridgehead atoms.